The Labute approximate surface area is 125 Å². The lowest BCUT2D eigenvalue weighted by Gasteiger charge is -2.34. The summed E-state index contributed by atoms with van der Waals surface area (Å²) in [7, 11) is 0. The zero-order valence-electron chi connectivity index (χ0n) is 12.8. The lowest BCUT2D eigenvalue weighted by atomic mass is 9.72. The van der Waals surface area contributed by atoms with Crippen LogP contribution in [0, 0.1) is 21.4 Å². The normalized spacial score (nSPS) is 19.2. The molecule has 1 aliphatic carbocycles. The summed E-state index contributed by atoms with van der Waals surface area (Å²) in [6.07, 6.45) is 4.22. The molecular formula is C16H22N2O3. The first-order chi connectivity index (χ1) is 9.86. The Hall–Kier alpha value is -1.91. The predicted molar refractivity (Wildman–Crippen MR) is 82.6 cm³/mol. The molecule has 114 valence electrons. The molecule has 1 aromatic rings. The molecule has 0 bridgehead atoms. The van der Waals surface area contributed by atoms with Crippen molar-refractivity contribution in [3.05, 3.63) is 34.4 Å². The minimum Gasteiger partial charge on any atom is -0.357 e. The second kappa shape index (κ2) is 6.24. The molecule has 2 rings (SSSR count). The molecule has 0 unspecified atom stereocenters. The molecule has 1 fully saturated rings. The van der Waals surface area contributed by atoms with Crippen LogP contribution in [0.5, 0.6) is 5.75 Å². The number of nitro benzene ring substituents is 1. The molecule has 5 heteroatoms. The van der Waals surface area contributed by atoms with Crippen molar-refractivity contribution in [1.82, 2.24) is 0 Å². The Kier molecular flexibility index (Phi) is 4.60. The van der Waals surface area contributed by atoms with E-state index in [9.17, 15) is 10.1 Å². The highest BCUT2D eigenvalue weighted by Gasteiger charge is 2.28. The summed E-state index contributed by atoms with van der Waals surface area (Å²) >= 11 is 0. The van der Waals surface area contributed by atoms with Crippen LogP contribution < -0.4 is 4.84 Å². The van der Waals surface area contributed by atoms with Crippen LogP contribution in [0.2, 0.25) is 0 Å². The maximum absolute atomic E-state index is 10.6. The third-order valence-electron chi connectivity index (χ3n) is 4.12. The third kappa shape index (κ3) is 4.28. The number of benzene rings is 1. The molecule has 1 aromatic carbocycles. The fourth-order valence-electron chi connectivity index (χ4n) is 2.65. The van der Waals surface area contributed by atoms with E-state index >= 15 is 0 Å². The highest BCUT2D eigenvalue weighted by Crippen LogP contribution is 2.36. The van der Waals surface area contributed by atoms with Crippen LogP contribution >= 0.6 is 0 Å². The van der Waals surface area contributed by atoms with E-state index < -0.39 is 4.92 Å². The van der Waals surface area contributed by atoms with Crippen molar-refractivity contribution in [2.75, 3.05) is 0 Å². The van der Waals surface area contributed by atoms with Gasteiger partial charge in [0.1, 0.15) is 0 Å². The average Bonchev–Trinajstić information content (AvgIpc) is 2.45. The van der Waals surface area contributed by atoms with E-state index in [1.165, 1.54) is 12.1 Å². The zero-order valence-corrected chi connectivity index (χ0v) is 12.8. The number of oxime groups is 1. The summed E-state index contributed by atoms with van der Waals surface area (Å²) in [5.41, 5.74) is 1.49. The van der Waals surface area contributed by atoms with Gasteiger partial charge in [0.2, 0.25) is 0 Å². The molecule has 0 aliphatic heterocycles. The van der Waals surface area contributed by atoms with E-state index in [0.717, 1.165) is 37.3 Å². The quantitative estimate of drug-likeness (QED) is 0.605. The Bertz CT molecular complexity index is 519. The smallest absolute Gasteiger partial charge is 0.269 e. The highest BCUT2D eigenvalue weighted by atomic mass is 16.6. The lowest BCUT2D eigenvalue weighted by molar-refractivity contribution is -0.384. The summed E-state index contributed by atoms with van der Waals surface area (Å²) in [5, 5.41) is 14.8. The van der Waals surface area contributed by atoms with Crippen molar-refractivity contribution in [3.63, 3.8) is 0 Å². The third-order valence-corrected chi connectivity index (χ3v) is 4.12. The Morgan fingerprint density at radius 1 is 1.19 bits per heavy atom. The van der Waals surface area contributed by atoms with Crippen molar-refractivity contribution in [2.45, 2.75) is 46.5 Å². The first-order valence-electron chi connectivity index (χ1n) is 7.33. The molecule has 0 atom stereocenters. The summed E-state index contributed by atoms with van der Waals surface area (Å²) in [6.45, 7) is 6.85. The molecule has 0 N–H and O–H groups in total. The molecule has 5 nitrogen and oxygen atoms in total. The summed E-state index contributed by atoms with van der Waals surface area (Å²) in [4.78, 5) is 15.5. The molecule has 0 spiro atoms. The number of nitrogens with zero attached hydrogens (tertiary/aromatic N) is 2. The number of nitro groups is 1. The lowest BCUT2D eigenvalue weighted by Crippen LogP contribution is -2.26. The van der Waals surface area contributed by atoms with Crippen LogP contribution in [-0.2, 0) is 0 Å². The minimum atomic E-state index is -0.427. The van der Waals surface area contributed by atoms with Gasteiger partial charge in [0.15, 0.2) is 5.75 Å². The Balaban J connectivity index is 1.89. The summed E-state index contributed by atoms with van der Waals surface area (Å²) < 4.78 is 0. The van der Waals surface area contributed by atoms with E-state index in [2.05, 4.69) is 25.9 Å². The monoisotopic (exact) mass is 290 g/mol. The molecular weight excluding hydrogens is 268 g/mol. The first-order valence-corrected chi connectivity index (χ1v) is 7.33. The van der Waals surface area contributed by atoms with Crippen LogP contribution in [0.3, 0.4) is 0 Å². The molecule has 21 heavy (non-hydrogen) atoms. The standard InChI is InChI=1S/C16H22N2O3/c1-16(2,3)12-4-6-13(7-5-12)17-21-15-10-8-14(9-11-15)18(19)20/h8-12H,4-7H2,1-3H3. The highest BCUT2D eigenvalue weighted by molar-refractivity contribution is 5.84. The summed E-state index contributed by atoms with van der Waals surface area (Å²) in [5.74, 6) is 1.27. The van der Waals surface area contributed by atoms with Crippen LogP contribution in [0.4, 0.5) is 5.69 Å². The number of hydrogen-bond donors (Lipinski definition) is 0. The topological polar surface area (TPSA) is 64.7 Å². The van der Waals surface area contributed by atoms with Gasteiger partial charge in [0, 0.05) is 12.1 Å². The van der Waals surface area contributed by atoms with E-state index in [1.807, 2.05) is 0 Å². The van der Waals surface area contributed by atoms with Gasteiger partial charge in [-0.2, -0.15) is 0 Å². The largest absolute Gasteiger partial charge is 0.357 e. The van der Waals surface area contributed by atoms with Crippen molar-refractivity contribution in [3.8, 4) is 5.75 Å². The van der Waals surface area contributed by atoms with Crippen molar-refractivity contribution >= 4 is 11.4 Å². The van der Waals surface area contributed by atoms with Crippen LogP contribution in [0.15, 0.2) is 29.4 Å². The van der Waals surface area contributed by atoms with Gasteiger partial charge in [0.25, 0.3) is 5.69 Å². The van der Waals surface area contributed by atoms with Gasteiger partial charge in [-0.1, -0.05) is 25.9 Å². The van der Waals surface area contributed by atoms with Gasteiger partial charge < -0.3 is 4.84 Å². The molecule has 0 radical (unpaired) electrons. The molecule has 0 heterocycles. The van der Waals surface area contributed by atoms with E-state index in [0.29, 0.717) is 11.2 Å². The fourth-order valence-corrected chi connectivity index (χ4v) is 2.65. The van der Waals surface area contributed by atoms with Gasteiger partial charge in [-0.25, -0.2) is 0 Å². The second-order valence-electron chi connectivity index (χ2n) is 6.64. The predicted octanol–water partition coefficient (Wildman–Crippen LogP) is 4.57. The van der Waals surface area contributed by atoms with Crippen LogP contribution in [-0.4, -0.2) is 10.6 Å². The number of non-ortho nitro benzene ring substituents is 1. The fraction of sp³-hybridized carbons (Fsp3) is 0.562. The second-order valence-corrected chi connectivity index (χ2v) is 6.64. The van der Waals surface area contributed by atoms with E-state index in [4.69, 9.17) is 4.84 Å². The van der Waals surface area contributed by atoms with Gasteiger partial charge in [-0.05, 0) is 49.1 Å². The number of hydrogen-bond acceptors (Lipinski definition) is 4. The van der Waals surface area contributed by atoms with Gasteiger partial charge in [0.05, 0.1) is 10.6 Å². The minimum absolute atomic E-state index is 0.0562. The molecule has 1 saturated carbocycles. The van der Waals surface area contributed by atoms with Gasteiger partial charge in [-0.3, -0.25) is 10.1 Å². The van der Waals surface area contributed by atoms with Gasteiger partial charge in [-0.15, -0.1) is 0 Å². The van der Waals surface area contributed by atoms with Gasteiger partial charge >= 0.3 is 0 Å². The van der Waals surface area contributed by atoms with Crippen LogP contribution in [0.1, 0.15) is 46.5 Å². The molecule has 0 aromatic heterocycles. The Morgan fingerprint density at radius 3 is 2.24 bits per heavy atom. The maximum atomic E-state index is 10.6. The van der Waals surface area contributed by atoms with E-state index in [-0.39, 0.29) is 5.69 Å². The zero-order chi connectivity index (χ0) is 15.5. The maximum Gasteiger partial charge on any atom is 0.269 e. The van der Waals surface area contributed by atoms with E-state index in [1.54, 1.807) is 12.1 Å². The molecule has 0 saturated heterocycles. The molecule has 0 amide bonds. The summed E-state index contributed by atoms with van der Waals surface area (Å²) in [6, 6.07) is 5.99. The van der Waals surface area contributed by atoms with Crippen molar-refractivity contribution < 1.29 is 9.76 Å². The average molecular weight is 290 g/mol. The van der Waals surface area contributed by atoms with Crippen LogP contribution in [0.25, 0.3) is 0 Å². The van der Waals surface area contributed by atoms with Crippen molar-refractivity contribution in [1.29, 1.82) is 0 Å². The SMILES string of the molecule is CC(C)(C)C1CCC(=NOc2ccc([N+](=O)[O-])cc2)CC1. The first kappa shape index (κ1) is 15.5. The molecule has 1 aliphatic rings. The Morgan fingerprint density at radius 2 is 1.76 bits per heavy atom. The number of rotatable bonds is 3. The van der Waals surface area contributed by atoms with Crippen molar-refractivity contribution in [2.24, 2.45) is 16.5 Å².